The van der Waals surface area contributed by atoms with Gasteiger partial charge in [-0.3, -0.25) is 9.59 Å². The minimum atomic E-state index is -0.187. The summed E-state index contributed by atoms with van der Waals surface area (Å²) >= 11 is 3.22. The van der Waals surface area contributed by atoms with Crippen LogP contribution in [0.4, 0.5) is 0 Å². The number of carbonyl (C=O) groups excluding carboxylic acids is 1. The van der Waals surface area contributed by atoms with Gasteiger partial charge in [0.05, 0.1) is 22.0 Å². The fourth-order valence-electron chi connectivity index (χ4n) is 3.36. The monoisotopic (exact) mass is 464 g/mol. The number of benzene rings is 1. The zero-order chi connectivity index (χ0) is 22.3. The van der Waals surface area contributed by atoms with Gasteiger partial charge in [-0.15, -0.1) is 22.7 Å². The molecule has 0 aliphatic rings. The van der Waals surface area contributed by atoms with E-state index in [0.29, 0.717) is 19.5 Å². The minimum Gasteiger partial charge on any atom is -0.354 e. The average Bonchev–Trinajstić information content (AvgIpc) is 3.46. The van der Waals surface area contributed by atoms with Gasteiger partial charge in [-0.1, -0.05) is 36.4 Å². The Kier molecular flexibility index (Phi) is 7.24. The number of amides is 1. The number of hydrogen-bond acceptors (Lipinski definition) is 6. The molecule has 0 aliphatic carbocycles. The van der Waals surface area contributed by atoms with Crippen LogP contribution in [0.3, 0.4) is 0 Å². The van der Waals surface area contributed by atoms with Crippen molar-refractivity contribution in [3.63, 3.8) is 0 Å². The van der Waals surface area contributed by atoms with Gasteiger partial charge < -0.3 is 5.32 Å². The minimum absolute atomic E-state index is 0.0102. The Labute approximate surface area is 194 Å². The molecule has 3 heterocycles. The van der Waals surface area contributed by atoms with E-state index < -0.39 is 0 Å². The van der Waals surface area contributed by atoms with Crippen LogP contribution in [0.2, 0.25) is 0 Å². The van der Waals surface area contributed by atoms with Crippen molar-refractivity contribution in [2.45, 2.75) is 32.7 Å². The molecule has 4 rings (SSSR count). The molecule has 8 heteroatoms. The van der Waals surface area contributed by atoms with Crippen LogP contribution in [0.15, 0.2) is 64.8 Å². The number of thiazole rings is 1. The second-order valence-corrected chi connectivity index (χ2v) is 9.33. The SMILES string of the molecule is Cc1nc(-c2cccs2)sc1-c1ccc(=O)n(CCNC(=O)CCCc2ccccc2)n1. The molecule has 4 aromatic rings. The second-order valence-electron chi connectivity index (χ2n) is 7.38. The molecule has 0 fully saturated rings. The van der Waals surface area contributed by atoms with Gasteiger partial charge >= 0.3 is 0 Å². The van der Waals surface area contributed by atoms with Crippen LogP contribution >= 0.6 is 22.7 Å². The molecule has 1 amide bonds. The van der Waals surface area contributed by atoms with Crippen molar-refractivity contribution in [2.75, 3.05) is 6.54 Å². The highest BCUT2D eigenvalue weighted by Crippen LogP contribution is 2.35. The largest absolute Gasteiger partial charge is 0.354 e. The van der Waals surface area contributed by atoms with Gasteiger partial charge in [0.2, 0.25) is 5.91 Å². The smallest absolute Gasteiger partial charge is 0.266 e. The van der Waals surface area contributed by atoms with E-state index in [2.05, 4.69) is 27.5 Å². The third-order valence-corrected chi connectivity index (χ3v) is 7.20. The van der Waals surface area contributed by atoms with Crippen molar-refractivity contribution in [3.05, 3.63) is 81.6 Å². The Morgan fingerprint density at radius 1 is 1.09 bits per heavy atom. The highest BCUT2D eigenvalue weighted by atomic mass is 32.1. The predicted molar refractivity (Wildman–Crippen MR) is 130 cm³/mol. The van der Waals surface area contributed by atoms with E-state index in [4.69, 9.17) is 0 Å². The lowest BCUT2D eigenvalue weighted by atomic mass is 10.1. The van der Waals surface area contributed by atoms with Crippen LogP contribution in [0.1, 0.15) is 24.1 Å². The number of nitrogens with one attached hydrogen (secondary N) is 1. The van der Waals surface area contributed by atoms with Crippen LogP contribution < -0.4 is 10.9 Å². The topological polar surface area (TPSA) is 76.9 Å². The molecule has 6 nitrogen and oxygen atoms in total. The van der Waals surface area contributed by atoms with Crippen molar-refractivity contribution >= 4 is 28.6 Å². The third kappa shape index (κ3) is 5.57. The lowest BCUT2D eigenvalue weighted by Gasteiger charge is -2.08. The predicted octanol–water partition coefficient (Wildman–Crippen LogP) is 4.54. The fourth-order valence-corrected chi connectivity index (χ4v) is 5.19. The van der Waals surface area contributed by atoms with Gasteiger partial charge in [0.15, 0.2) is 0 Å². The number of aromatic nitrogens is 3. The van der Waals surface area contributed by atoms with Crippen molar-refractivity contribution in [1.29, 1.82) is 0 Å². The molecule has 164 valence electrons. The van der Waals surface area contributed by atoms with Crippen LogP contribution in [-0.4, -0.2) is 27.2 Å². The van der Waals surface area contributed by atoms with Crippen molar-refractivity contribution in [1.82, 2.24) is 20.1 Å². The summed E-state index contributed by atoms with van der Waals surface area (Å²) in [6.45, 7) is 2.64. The Morgan fingerprint density at radius 2 is 1.94 bits per heavy atom. The Hall–Kier alpha value is -3.10. The number of hydrogen-bond donors (Lipinski definition) is 1. The Bertz CT molecular complexity index is 1230. The Balaban J connectivity index is 1.33. The van der Waals surface area contributed by atoms with Gasteiger partial charge in [0.1, 0.15) is 10.7 Å². The lowest BCUT2D eigenvalue weighted by molar-refractivity contribution is -0.121. The van der Waals surface area contributed by atoms with Crippen LogP contribution in [0, 0.1) is 6.92 Å². The van der Waals surface area contributed by atoms with E-state index in [0.717, 1.165) is 39.0 Å². The fraction of sp³-hybridized carbons (Fsp3) is 0.250. The van der Waals surface area contributed by atoms with Gasteiger partial charge in [-0.25, -0.2) is 9.67 Å². The van der Waals surface area contributed by atoms with Crippen LogP contribution in [-0.2, 0) is 17.8 Å². The number of carbonyl (C=O) groups is 1. The van der Waals surface area contributed by atoms with Gasteiger partial charge in [-0.2, -0.15) is 5.10 Å². The molecule has 0 saturated heterocycles. The average molecular weight is 465 g/mol. The van der Waals surface area contributed by atoms with E-state index in [1.807, 2.05) is 42.6 Å². The first kappa shape index (κ1) is 22.1. The van der Waals surface area contributed by atoms with Crippen LogP contribution in [0.25, 0.3) is 20.5 Å². The maximum absolute atomic E-state index is 12.3. The van der Waals surface area contributed by atoms with E-state index in [-0.39, 0.29) is 11.5 Å². The highest BCUT2D eigenvalue weighted by Gasteiger charge is 2.14. The second kappa shape index (κ2) is 10.5. The van der Waals surface area contributed by atoms with Crippen molar-refractivity contribution in [2.24, 2.45) is 0 Å². The zero-order valence-corrected chi connectivity index (χ0v) is 19.4. The summed E-state index contributed by atoms with van der Waals surface area (Å²) in [4.78, 5) is 31.1. The maximum Gasteiger partial charge on any atom is 0.266 e. The summed E-state index contributed by atoms with van der Waals surface area (Å²) in [5.41, 5.74) is 2.65. The summed E-state index contributed by atoms with van der Waals surface area (Å²) in [6.07, 6.45) is 2.13. The number of thiophene rings is 1. The molecule has 0 bridgehead atoms. The first-order valence-corrected chi connectivity index (χ1v) is 12.2. The highest BCUT2D eigenvalue weighted by molar-refractivity contribution is 7.23. The lowest BCUT2D eigenvalue weighted by Crippen LogP contribution is -2.31. The third-order valence-electron chi connectivity index (χ3n) is 4.99. The molecule has 0 spiro atoms. The molecule has 1 N–H and O–H groups in total. The van der Waals surface area contributed by atoms with Gasteiger partial charge in [0, 0.05) is 19.0 Å². The summed E-state index contributed by atoms with van der Waals surface area (Å²) < 4.78 is 1.41. The maximum atomic E-state index is 12.3. The molecule has 0 saturated carbocycles. The molecule has 0 radical (unpaired) electrons. The molecule has 0 aliphatic heterocycles. The molecule has 0 unspecified atom stereocenters. The molecule has 32 heavy (non-hydrogen) atoms. The zero-order valence-electron chi connectivity index (χ0n) is 17.8. The molecule has 1 aromatic carbocycles. The molecular weight excluding hydrogens is 440 g/mol. The first-order valence-electron chi connectivity index (χ1n) is 10.5. The molecule has 0 atom stereocenters. The van der Waals surface area contributed by atoms with E-state index >= 15 is 0 Å². The standard InChI is InChI=1S/C24H24N4O2S2/c1-17-23(32-24(26-17)20-10-6-16-31-20)19-12-13-22(30)28(27-19)15-14-25-21(29)11-5-9-18-7-3-2-4-8-18/h2-4,6-8,10,12-13,16H,5,9,11,14-15H2,1H3,(H,25,29). The van der Waals surface area contributed by atoms with Crippen molar-refractivity contribution < 1.29 is 4.79 Å². The van der Waals surface area contributed by atoms with E-state index in [1.165, 1.54) is 16.3 Å². The number of rotatable bonds is 9. The van der Waals surface area contributed by atoms with Crippen LogP contribution in [0.5, 0.6) is 0 Å². The Morgan fingerprint density at radius 3 is 2.72 bits per heavy atom. The first-order chi connectivity index (χ1) is 15.6. The summed E-state index contributed by atoms with van der Waals surface area (Å²) in [5, 5.41) is 10.4. The number of aryl methyl sites for hydroxylation is 2. The van der Waals surface area contributed by atoms with E-state index in [9.17, 15) is 9.59 Å². The summed E-state index contributed by atoms with van der Waals surface area (Å²) in [5.74, 6) is -0.0102. The molecule has 3 aromatic heterocycles. The normalized spacial score (nSPS) is 10.9. The van der Waals surface area contributed by atoms with Gasteiger partial charge in [-0.05, 0) is 42.8 Å². The van der Waals surface area contributed by atoms with Crippen molar-refractivity contribution in [3.8, 4) is 20.5 Å². The quantitative estimate of drug-likeness (QED) is 0.394. The van der Waals surface area contributed by atoms with Gasteiger partial charge in [0.25, 0.3) is 5.56 Å². The number of nitrogens with zero attached hydrogens (tertiary/aromatic N) is 3. The van der Waals surface area contributed by atoms with E-state index in [1.54, 1.807) is 28.7 Å². The molecular formula is C24H24N4O2S2. The summed E-state index contributed by atoms with van der Waals surface area (Å²) in [6, 6.07) is 17.4. The summed E-state index contributed by atoms with van der Waals surface area (Å²) in [7, 11) is 0.